The zero-order valence-electron chi connectivity index (χ0n) is 17.2. The first kappa shape index (κ1) is 24.6. The molecule has 0 saturated carbocycles. The topological polar surface area (TPSA) is 75.6 Å². The van der Waals surface area contributed by atoms with Crippen LogP contribution in [0.4, 0.5) is 32.0 Å². The van der Waals surface area contributed by atoms with E-state index in [1.54, 1.807) is 0 Å². The molecule has 0 fully saturated rings. The number of carbonyl (C=O) groups excluding carboxylic acids is 1. The molecule has 0 bridgehead atoms. The minimum atomic E-state index is -5.90. The molecule has 11 heteroatoms. The van der Waals surface area contributed by atoms with Crippen LogP contribution in [0.5, 0.6) is 11.5 Å². The van der Waals surface area contributed by atoms with Crippen molar-refractivity contribution in [3.8, 4) is 11.5 Å². The molecule has 5 nitrogen and oxygen atoms in total. The van der Waals surface area contributed by atoms with Gasteiger partial charge >= 0.3 is 18.1 Å². The van der Waals surface area contributed by atoms with Crippen LogP contribution in [-0.2, 0) is 5.92 Å². The molecule has 3 aromatic rings. The maximum Gasteiger partial charge on any atom is 0.458 e. The molecule has 0 radical (unpaired) electrons. The zero-order chi connectivity index (χ0) is 25.3. The first-order chi connectivity index (χ1) is 15.8. The normalized spacial score (nSPS) is 11.7. The number of carboxylic acid groups (broad SMARTS) is 1. The molecular formula is C23H15F6NO4. The second kappa shape index (κ2) is 9.08. The Labute approximate surface area is 188 Å². The van der Waals surface area contributed by atoms with Crippen molar-refractivity contribution in [3.63, 3.8) is 0 Å². The van der Waals surface area contributed by atoms with Gasteiger partial charge in [-0.25, -0.2) is 9.18 Å². The number of benzene rings is 3. The number of carbonyl (C=O) groups is 2. The van der Waals surface area contributed by atoms with Gasteiger partial charge < -0.3 is 15.2 Å². The number of rotatable bonds is 6. The van der Waals surface area contributed by atoms with E-state index in [1.807, 2.05) is 0 Å². The van der Waals surface area contributed by atoms with Gasteiger partial charge in [0.2, 0.25) is 0 Å². The van der Waals surface area contributed by atoms with Gasteiger partial charge in [-0.1, -0.05) is 6.07 Å². The van der Waals surface area contributed by atoms with Crippen molar-refractivity contribution in [2.75, 3.05) is 5.32 Å². The molecule has 0 saturated heterocycles. The average molecular weight is 483 g/mol. The number of nitrogens with one attached hydrogen (secondary N) is 1. The third-order valence-electron chi connectivity index (χ3n) is 4.69. The maximum atomic E-state index is 13.9. The van der Waals surface area contributed by atoms with Gasteiger partial charge in [-0.05, 0) is 67.1 Å². The van der Waals surface area contributed by atoms with Crippen molar-refractivity contribution in [2.45, 2.75) is 19.0 Å². The van der Waals surface area contributed by atoms with Gasteiger partial charge in [0, 0.05) is 11.3 Å². The molecule has 1 amide bonds. The SMILES string of the molecule is Cc1cc(F)ccc1Oc1cc(C(F)(F)C(F)(F)F)ccc1C(=O)Nc1ccc(C(=O)O)cc1. The summed E-state index contributed by atoms with van der Waals surface area (Å²) in [7, 11) is 0. The summed E-state index contributed by atoms with van der Waals surface area (Å²) in [6.07, 6.45) is -5.90. The van der Waals surface area contributed by atoms with E-state index in [0.717, 1.165) is 24.3 Å². The number of alkyl halides is 5. The Morgan fingerprint density at radius 1 is 0.882 bits per heavy atom. The van der Waals surface area contributed by atoms with Crippen LogP contribution in [0, 0.1) is 12.7 Å². The molecule has 0 aliphatic rings. The van der Waals surface area contributed by atoms with Gasteiger partial charge in [0.25, 0.3) is 5.91 Å². The van der Waals surface area contributed by atoms with Crippen LogP contribution in [0.3, 0.4) is 0 Å². The quantitative estimate of drug-likeness (QED) is 0.391. The summed E-state index contributed by atoms with van der Waals surface area (Å²) in [6, 6.07) is 9.66. The first-order valence-electron chi connectivity index (χ1n) is 9.47. The summed E-state index contributed by atoms with van der Waals surface area (Å²) in [5.74, 6) is -8.71. The average Bonchev–Trinajstić information content (AvgIpc) is 2.75. The molecule has 0 aromatic heterocycles. The summed E-state index contributed by atoms with van der Waals surface area (Å²) >= 11 is 0. The van der Waals surface area contributed by atoms with Crippen LogP contribution in [0.25, 0.3) is 0 Å². The van der Waals surface area contributed by atoms with Gasteiger partial charge in [-0.15, -0.1) is 0 Å². The van der Waals surface area contributed by atoms with Gasteiger partial charge in [0.15, 0.2) is 0 Å². The third kappa shape index (κ3) is 5.13. The minimum Gasteiger partial charge on any atom is -0.478 e. The number of aromatic carboxylic acids is 1. The number of anilines is 1. The van der Waals surface area contributed by atoms with Crippen molar-refractivity contribution in [1.82, 2.24) is 0 Å². The van der Waals surface area contributed by atoms with Gasteiger partial charge in [-0.2, -0.15) is 22.0 Å². The van der Waals surface area contributed by atoms with Crippen molar-refractivity contribution < 1.29 is 45.8 Å². The Morgan fingerprint density at radius 3 is 2.09 bits per heavy atom. The second-order valence-corrected chi connectivity index (χ2v) is 7.13. The lowest BCUT2D eigenvalue weighted by Crippen LogP contribution is -2.33. The van der Waals surface area contributed by atoms with Crippen LogP contribution in [0.2, 0.25) is 0 Å². The zero-order valence-corrected chi connectivity index (χ0v) is 17.2. The Bertz CT molecular complexity index is 1240. The summed E-state index contributed by atoms with van der Waals surface area (Å²) in [6.45, 7) is 1.41. The molecule has 0 aliphatic carbocycles. The fraction of sp³-hybridized carbons (Fsp3) is 0.130. The highest BCUT2D eigenvalue weighted by molar-refractivity contribution is 6.06. The maximum absolute atomic E-state index is 13.9. The van der Waals surface area contributed by atoms with Gasteiger partial charge in [0.05, 0.1) is 11.1 Å². The number of amides is 1. The molecule has 0 heterocycles. The minimum absolute atomic E-state index is 0.0625. The highest BCUT2D eigenvalue weighted by Crippen LogP contribution is 2.45. The largest absolute Gasteiger partial charge is 0.478 e. The fourth-order valence-electron chi connectivity index (χ4n) is 2.89. The van der Waals surface area contributed by atoms with E-state index in [1.165, 1.54) is 31.2 Å². The summed E-state index contributed by atoms with van der Waals surface area (Å²) in [4.78, 5) is 23.7. The van der Waals surface area contributed by atoms with E-state index in [4.69, 9.17) is 9.84 Å². The number of ether oxygens (including phenoxy) is 1. The third-order valence-corrected chi connectivity index (χ3v) is 4.69. The molecule has 178 valence electrons. The predicted molar refractivity (Wildman–Crippen MR) is 109 cm³/mol. The van der Waals surface area contributed by atoms with E-state index in [9.17, 15) is 35.9 Å². The Morgan fingerprint density at radius 2 is 1.53 bits per heavy atom. The van der Waals surface area contributed by atoms with Crippen LogP contribution in [-0.4, -0.2) is 23.2 Å². The number of hydrogen-bond donors (Lipinski definition) is 2. The van der Waals surface area contributed by atoms with Crippen LogP contribution in [0.1, 0.15) is 31.8 Å². The lowest BCUT2D eigenvalue weighted by molar-refractivity contribution is -0.289. The van der Waals surface area contributed by atoms with Crippen LogP contribution >= 0.6 is 0 Å². The van der Waals surface area contributed by atoms with Gasteiger partial charge in [-0.3, -0.25) is 4.79 Å². The lowest BCUT2D eigenvalue weighted by atomic mass is 10.0. The van der Waals surface area contributed by atoms with E-state index in [-0.39, 0.29) is 22.6 Å². The number of halogens is 6. The molecule has 3 rings (SSSR count). The molecule has 0 aliphatic heterocycles. The fourth-order valence-corrected chi connectivity index (χ4v) is 2.89. The second-order valence-electron chi connectivity index (χ2n) is 7.13. The van der Waals surface area contributed by atoms with E-state index >= 15 is 0 Å². The summed E-state index contributed by atoms with van der Waals surface area (Å²) < 4.78 is 85.3. The Balaban J connectivity index is 2.02. The molecule has 2 N–H and O–H groups in total. The number of aryl methyl sites for hydroxylation is 1. The number of carboxylic acids is 1. The summed E-state index contributed by atoms with van der Waals surface area (Å²) in [5, 5.41) is 11.3. The molecule has 3 aromatic carbocycles. The monoisotopic (exact) mass is 483 g/mol. The standard InChI is InChI=1S/C23H15F6NO4/c1-12-10-15(24)5-9-18(12)34-19-11-14(22(25,26)23(27,28)29)4-8-17(19)20(31)30-16-6-2-13(3-7-16)21(32)33/h2-11H,1H3,(H,30,31)(H,32,33). The summed E-state index contributed by atoms with van der Waals surface area (Å²) in [5.41, 5.74) is -1.59. The van der Waals surface area contributed by atoms with Crippen molar-refractivity contribution >= 4 is 17.6 Å². The van der Waals surface area contributed by atoms with Crippen molar-refractivity contribution in [2.24, 2.45) is 0 Å². The molecule has 0 spiro atoms. The highest BCUT2D eigenvalue weighted by atomic mass is 19.4. The van der Waals surface area contributed by atoms with Gasteiger partial charge in [0.1, 0.15) is 17.3 Å². The smallest absolute Gasteiger partial charge is 0.458 e. The predicted octanol–water partition coefficient (Wildman–Crippen LogP) is 6.53. The van der Waals surface area contributed by atoms with E-state index in [0.29, 0.717) is 12.1 Å². The van der Waals surface area contributed by atoms with Crippen LogP contribution in [0.15, 0.2) is 60.7 Å². The molecule has 34 heavy (non-hydrogen) atoms. The number of hydrogen-bond acceptors (Lipinski definition) is 3. The molecular weight excluding hydrogens is 468 g/mol. The first-order valence-corrected chi connectivity index (χ1v) is 9.47. The van der Waals surface area contributed by atoms with E-state index in [2.05, 4.69) is 5.32 Å². The van der Waals surface area contributed by atoms with Crippen molar-refractivity contribution in [3.05, 3.63) is 88.7 Å². The Kier molecular flexibility index (Phi) is 6.58. The molecule has 0 atom stereocenters. The van der Waals surface area contributed by atoms with E-state index < -0.39 is 46.7 Å². The van der Waals surface area contributed by atoms with Crippen molar-refractivity contribution in [1.29, 1.82) is 0 Å². The lowest BCUT2D eigenvalue weighted by Gasteiger charge is -2.21. The molecule has 0 unspecified atom stereocenters. The van der Waals surface area contributed by atoms with Crippen LogP contribution < -0.4 is 10.1 Å². The highest BCUT2D eigenvalue weighted by Gasteiger charge is 2.58. The Hall–Kier alpha value is -4.02.